The lowest BCUT2D eigenvalue weighted by Crippen LogP contribution is -2.27. The summed E-state index contributed by atoms with van der Waals surface area (Å²) in [6, 6.07) is 8.40. The lowest BCUT2D eigenvalue weighted by atomic mass is 10.1. The molecule has 0 bridgehead atoms. The molecule has 0 spiro atoms. The van der Waals surface area contributed by atoms with Gasteiger partial charge in [0.15, 0.2) is 0 Å². The van der Waals surface area contributed by atoms with Gasteiger partial charge in [-0.05, 0) is 14.0 Å². The van der Waals surface area contributed by atoms with Crippen molar-refractivity contribution in [3.8, 4) is 6.07 Å². The molecule has 5 heteroatoms. The van der Waals surface area contributed by atoms with Crippen molar-refractivity contribution in [2.24, 2.45) is 0 Å². The van der Waals surface area contributed by atoms with E-state index in [4.69, 9.17) is 5.26 Å². The van der Waals surface area contributed by atoms with E-state index in [1.54, 1.807) is 37.1 Å². The van der Waals surface area contributed by atoms with Crippen LogP contribution in [0.25, 0.3) is 0 Å². The van der Waals surface area contributed by atoms with Crippen LogP contribution in [0.2, 0.25) is 0 Å². The fourth-order valence-corrected chi connectivity index (χ4v) is 1.33. The van der Waals surface area contributed by atoms with Crippen molar-refractivity contribution < 1.29 is 4.92 Å². The first kappa shape index (κ1) is 12.1. The first-order valence-corrected chi connectivity index (χ1v) is 4.88. The zero-order valence-electron chi connectivity index (χ0n) is 9.25. The molecule has 0 fully saturated rings. The Kier molecular flexibility index (Phi) is 3.97. The monoisotopic (exact) mass is 219 g/mol. The summed E-state index contributed by atoms with van der Waals surface area (Å²) in [5.74, 6) is 0. The molecule has 1 aromatic rings. The molecule has 0 aliphatic carbocycles. The van der Waals surface area contributed by atoms with Crippen molar-refractivity contribution in [1.82, 2.24) is 4.90 Å². The van der Waals surface area contributed by atoms with Crippen molar-refractivity contribution >= 4 is 5.69 Å². The molecule has 0 aromatic heterocycles. The van der Waals surface area contributed by atoms with Crippen molar-refractivity contribution in [2.75, 3.05) is 7.05 Å². The number of nitro benzene ring substituents is 1. The highest BCUT2D eigenvalue weighted by atomic mass is 16.6. The van der Waals surface area contributed by atoms with E-state index >= 15 is 0 Å². The van der Waals surface area contributed by atoms with Gasteiger partial charge in [-0.3, -0.25) is 15.0 Å². The molecule has 0 saturated carbocycles. The van der Waals surface area contributed by atoms with Crippen molar-refractivity contribution in [1.29, 1.82) is 5.26 Å². The molecule has 84 valence electrons. The smallest absolute Gasteiger partial charge is 0.273 e. The second-order valence-corrected chi connectivity index (χ2v) is 3.61. The molecule has 0 radical (unpaired) electrons. The van der Waals surface area contributed by atoms with Gasteiger partial charge in [-0.25, -0.2) is 0 Å². The van der Waals surface area contributed by atoms with Gasteiger partial charge in [0.2, 0.25) is 0 Å². The van der Waals surface area contributed by atoms with Gasteiger partial charge in [0.05, 0.1) is 17.0 Å². The zero-order valence-corrected chi connectivity index (χ0v) is 9.25. The standard InChI is InChI=1S/C11H13N3O2/c1-9(7-12)13(2)8-10-5-3-4-6-11(10)14(15)16/h3-6,9H,8H2,1-2H3. The highest BCUT2D eigenvalue weighted by molar-refractivity contribution is 5.39. The SMILES string of the molecule is CC(C#N)N(C)Cc1ccccc1[N+](=O)[O-]. The Morgan fingerprint density at radius 1 is 1.56 bits per heavy atom. The Morgan fingerprint density at radius 3 is 2.75 bits per heavy atom. The molecule has 1 atom stereocenters. The second-order valence-electron chi connectivity index (χ2n) is 3.61. The van der Waals surface area contributed by atoms with Gasteiger partial charge < -0.3 is 0 Å². The van der Waals surface area contributed by atoms with Gasteiger partial charge >= 0.3 is 0 Å². The number of hydrogen-bond donors (Lipinski definition) is 0. The number of nitro groups is 1. The molecule has 1 aromatic carbocycles. The van der Waals surface area contributed by atoms with Crippen LogP contribution < -0.4 is 0 Å². The van der Waals surface area contributed by atoms with E-state index < -0.39 is 4.92 Å². The Hall–Kier alpha value is -1.93. The van der Waals surface area contributed by atoms with E-state index in [1.807, 2.05) is 0 Å². The Balaban J connectivity index is 2.89. The first-order valence-electron chi connectivity index (χ1n) is 4.88. The number of benzene rings is 1. The molecule has 5 nitrogen and oxygen atoms in total. The molecule has 0 aliphatic rings. The third kappa shape index (κ3) is 2.78. The fraction of sp³-hybridized carbons (Fsp3) is 0.364. The van der Waals surface area contributed by atoms with Crippen molar-refractivity contribution in [3.63, 3.8) is 0 Å². The maximum absolute atomic E-state index is 10.8. The maximum atomic E-state index is 10.8. The van der Waals surface area contributed by atoms with E-state index in [0.717, 1.165) is 0 Å². The summed E-state index contributed by atoms with van der Waals surface area (Å²) >= 11 is 0. The summed E-state index contributed by atoms with van der Waals surface area (Å²) in [5, 5.41) is 19.5. The number of nitriles is 1. The Bertz CT molecular complexity index is 425. The average molecular weight is 219 g/mol. The van der Waals surface area contributed by atoms with Gasteiger partial charge in [0.1, 0.15) is 0 Å². The minimum atomic E-state index is -0.403. The predicted molar refractivity (Wildman–Crippen MR) is 59.6 cm³/mol. The van der Waals surface area contributed by atoms with Crippen LogP contribution in [0, 0.1) is 21.4 Å². The summed E-state index contributed by atoms with van der Waals surface area (Å²) in [5.41, 5.74) is 0.719. The van der Waals surface area contributed by atoms with E-state index in [1.165, 1.54) is 6.07 Å². The van der Waals surface area contributed by atoms with Crippen molar-refractivity contribution in [3.05, 3.63) is 39.9 Å². The second kappa shape index (κ2) is 5.24. The molecule has 16 heavy (non-hydrogen) atoms. The lowest BCUT2D eigenvalue weighted by Gasteiger charge is -2.18. The van der Waals surface area contributed by atoms with Crippen LogP contribution in [0.15, 0.2) is 24.3 Å². The Labute approximate surface area is 94.1 Å². The lowest BCUT2D eigenvalue weighted by molar-refractivity contribution is -0.385. The minimum absolute atomic E-state index is 0.0967. The van der Waals surface area contributed by atoms with E-state index in [2.05, 4.69) is 6.07 Å². The van der Waals surface area contributed by atoms with E-state index in [0.29, 0.717) is 12.1 Å². The maximum Gasteiger partial charge on any atom is 0.273 e. The number of hydrogen-bond acceptors (Lipinski definition) is 4. The molecule has 0 heterocycles. The van der Waals surface area contributed by atoms with Gasteiger partial charge in [-0.1, -0.05) is 18.2 Å². The molecule has 1 rings (SSSR count). The summed E-state index contributed by atoms with van der Waals surface area (Å²) in [6.45, 7) is 2.15. The largest absolute Gasteiger partial charge is 0.287 e. The summed E-state index contributed by atoms with van der Waals surface area (Å²) < 4.78 is 0. The number of para-hydroxylation sites is 1. The number of nitrogens with zero attached hydrogens (tertiary/aromatic N) is 3. The normalized spacial score (nSPS) is 12.1. The zero-order chi connectivity index (χ0) is 12.1. The molecule has 0 saturated heterocycles. The third-order valence-electron chi connectivity index (χ3n) is 2.46. The van der Waals surface area contributed by atoms with Gasteiger partial charge in [0.25, 0.3) is 5.69 Å². The molecular formula is C11H13N3O2. The van der Waals surface area contributed by atoms with Crippen LogP contribution in [0.3, 0.4) is 0 Å². The highest BCUT2D eigenvalue weighted by Gasteiger charge is 2.16. The number of rotatable bonds is 4. The van der Waals surface area contributed by atoms with Crippen LogP contribution in [0.1, 0.15) is 12.5 Å². The van der Waals surface area contributed by atoms with Crippen molar-refractivity contribution in [2.45, 2.75) is 19.5 Å². The Morgan fingerprint density at radius 2 is 2.19 bits per heavy atom. The van der Waals surface area contributed by atoms with Gasteiger partial charge in [-0.15, -0.1) is 0 Å². The van der Waals surface area contributed by atoms with E-state index in [-0.39, 0.29) is 11.7 Å². The molecule has 0 aliphatic heterocycles. The molecule has 0 amide bonds. The average Bonchev–Trinajstić information content (AvgIpc) is 2.28. The fourth-order valence-electron chi connectivity index (χ4n) is 1.33. The topological polar surface area (TPSA) is 70.2 Å². The van der Waals surface area contributed by atoms with Crippen LogP contribution in [-0.2, 0) is 6.54 Å². The summed E-state index contributed by atoms with van der Waals surface area (Å²) in [4.78, 5) is 12.1. The molecule has 0 N–H and O–H groups in total. The summed E-state index contributed by atoms with van der Waals surface area (Å²) in [6.07, 6.45) is 0. The summed E-state index contributed by atoms with van der Waals surface area (Å²) in [7, 11) is 1.77. The molecular weight excluding hydrogens is 206 g/mol. The van der Waals surface area contributed by atoms with E-state index in [9.17, 15) is 10.1 Å². The quantitative estimate of drug-likeness (QED) is 0.573. The van der Waals surface area contributed by atoms with Crippen LogP contribution in [0.5, 0.6) is 0 Å². The highest BCUT2D eigenvalue weighted by Crippen LogP contribution is 2.19. The predicted octanol–water partition coefficient (Wildman–Crippen LogP) is 1.94. The molecule has 1 unspecified atom stereocenters. The van der Waals surface area contributed by atoms with Gasteiger partial charge in [-0.2, -0.15) is 5.26 Å². The minimum Gasteiger partial charge on any atom is -0.287 e. The van der Waals surface area contributed by atoms with Crippen LogP contribution in [-0.4, -0.2) is 22.9 Å². The van der Waals surface area contributed by atoms with Crippen LogP contribution in [0.4, 0.5) is 5.69 Å². The first-order chi connectivity index (χ1) is 7.56. The van der Waals surface area contributed by atoms with Gasteiger partial charge in [0, 0.05) is 18.2 Å². The third-order valence-corrected chi connectivity index (χ3v) is 2.46. The van der Waals surface area contributed by atoms with Crippen LogP contribution >= 0.6 is 0 Å².